The van der Waals surface area contributed by atoms with Gasteiger partial charge in [0.25, 0.3) is 0 Å². The maximum atomic E-state index is 12.1. The molecule has 0 bridgehead atoms. The van der Waals surface area contributed by atoms with Crippen LogP contribution in [0.5, 0.6) is 0 Å². The lowest BCUT2D eigenvalue weighted by atomic mass is 9.92. The summed E-state index contributed by atoms with van der Waals surface area (Å²) in [5, 5.41) is 0.632. The van der Waals surface area contributed by atoms with Crippen LogP contribution < -0.4 is 0 Å². The van der Waals surface area contributed by atoms with E-state index in [1.807, 2.05) is 0 Å². The van der Waals surface area contributed by atoms with Crippen molar-refractivity contribution in [2.24, 2.45) is 5.92 Å². The SMILES string of the molecule is O=C(CC1CCOCC1)c1ccc(Cl)c(Br)c1. The van der Waals surface area contributed by atoms with Gasteiger partial charge in [-0.1, -0.05) is 11.6 Å². The molecule has 1 aliphatic rings. The molecule has 92 valence electrons. The van der Waals surface area contributed by atoms with Crippen LogP contribution in [0, 0.1) is 5.92 Å². The highest BCUT2D eigenvalue weighted by Crippen LogP contribution is 2.26. The van der Waals surface area contributed by atoms with E-state index >= 15 is 0 Å². The van der Waals surface area contributed by atoms with Crippen LogP contribution in [0.15, 0.2) is 22.7 Å². The Balaban J connectivity index is 2.01. The molecule has 0 N–H and O–H groups in total. The van der Waals surface area contributed by atoms with Gasteiger partial charge < -0.3 is 4.74 Å². The highest BCUT2D eigenvalue weighted by molar-refractivity contribution is 9.10. The van der Waals surface area contributed by atoms with Gasteiger partial charge in [0.15, 0.2) is 5.78 Å². The molecule has 0 amide bonds. The summed E-state index contributed by atoms with van der Waals surface area (Å²) in [6.45, 7) is 1.56. The van der Waals surface area contributed by atoms with E-state index in [2.05, 4.69) is 15.9 Å². The van der Waals surface area contributed by atoms with Crippen molar-refractivity contribution in [1.82, 2.24) is 0 Å². The summed E-state index contributed by atoms with van der Waals surface area (Å²) >= 11 is 9.24. The molecule has 0 radical (unpaired) electrons. The Bertz CT molecular complexity index is 414. The average Bonchev–Trinajstić information content (AvgIpc) is 2.34. The molecule has 1 fully saturated rings. The second kappa shape index (κ2) is 5.98. The smallest absolute Gasteiger partial charge is 0.163 e. The lowest BCUT2D eigenvalue weighted by Gasteiger charge is -2.21. The van der Waals surface area contributed by atoms with Gasteiger partial charge in [-0.2, -0.15) is 0 Å². The topological polar surface area (TPSA) is 26.3 Å². The molecule has 4 heteroatoms. The summed E-state index contributed by atoms with van der Waals surface area (Å²) in [6, 6.07) is 5.33. The third-order valence-corrected chi connectivity index (χ3v) is 4.27. The Hall–Kier alpha value is -0.380. The quantitative estimate of drug-likeness (QED) is 0.785. The van der Waals surface area contributed by atoms with Gasteiger partial charge in [-0.15, -0.1) is 0 Å². The van der Waals surface area contributed by atoms with Crippen LogP contribution in [0.3, 0.4) is 0 Å². The van der Waals surface area contributed by atoms with Crippen molar-refractivity contribution in [2.75, 3.05) is 13.2 Å². The molecule has 0 aliphatic carbocycles. The van der Waals surface area contributed by atoms with Crippen LogP contribution in [0.2, 0.25) is 5.02 Å². The fourth-order valence-corrected chi connectivity index (χ4v) is 2.50. The number of hydrogen-bond donors (Lipinski definition) is 0. The Morgan fingerprint density at radius 2 is 2.12 bits per heavy atom. The second-order valence-corrected chi connectivity index (χ2v) is 5.57. The number of benzene rings is 1. The molecule has 1 aromatic rings. The minimum atomic E-state index is 0.189. The Morgan fingerprint density at radius 1 is 1.41 bits per heavy atom. The van der Waals surface area contributed by atoms with Crippen LogP contribution in [0.1, 0.15) is 29.6 Å². The first kappa shape index (κ1) is 13.1. The zero-order valence-corrected chi connectivity index (χ0v) is 11.8. The number of hydrogen-bond acceptors (Lipinski definition) is 2. The van der Waals surface area contributed by atoms with Crippen molar-refractivity contribution in [3.63, 3.8) is 0 Å². The highest BCUT2D eigenvalue weighted by Gasteiger charge is 2.18. The largest absolute Gasteiger partial charge is 0.381 e. The third-order valence-electron chi connectivity index (χ3n) is 3.06. The van der Waals surface area contributed by atoms with Crippen LogP contribution in [-0.2, 0) is 4.74 Å². The van der Waals surface area contributed by atoms with Gasteiger partial charge in [-0.05, 0) is 52.9 Å². The standard InChI is InChI=1S/C13H14BrClO2/c14-11-8-10(1-2-12(11)15)13(16)7-9-3-5-17-6-4-9/h1-2,8-9H,3-7H2. The van der Waals surface area contributed by atoms with E-state index in [-0.39, 0.29) is 5.78 Å². The van der Waals surface area contributed by atoms with Gasteiger partial charge in [0.2, 0.25) is 0 Å². The fourth-order valence-electron chi connectivity index (χ4n) is 2.00. The van der Waals surface area contributed by atoms with E-state index < -0.39 is 0 Å². The first-order valence-electron chi connectivity index (χ1n) is 5.73. The van der Waals surface area contributed by atoms with Crippen LogP contribution >= 0.6 is 27.5 Å². The van der Waals surface area contributed by atoms with Gasteiger partial charge >= 0.3 is 0 Å². The van der Waals surface area contributed by atoms with Crippen molar-refractivity contribution in [2.45, 2.75) is 19.3 Å². The number of halogens is 2. The molecule has 0 spiro atoms. The third kappa shape index (κ3) is 3.54. The molecule has 0 atom stereocenters. The molecule has 17 heavy (non-hydrogen) atoms. The molecular formula is C13H14BrClO2. The molecule has 2 nitrogen and oxygen atoms in total. The molecule has 2 rings (SSSR count). The van der Waals surface area contributed by atoms with Crippen molar-refractivity contribution in [3.05, 3.63) is 33.3 Å². The molecule has 1 saturated heterocycles. The minimum absolute atomic E-state index is 0.189. The lowest BCUT2D eigenvalue weighted by molar-refractivity contribution is 0.0601. The molecule has 0 unspecified atom stereocenters. The number of ketones is 1. The summed E-state index contributed by atoms with van der Waals surface area (Å²) in [4.78, 5) is 12.1. The number of Topliss-reactive ketones (excluding diaryl/α,β-unsaturated/α-hetero) is 1. The van der Waals surface area contributed by atoms with E-state index in [4.69, 9.17) is 16.3 Å². The Labute approximate surface area is 114 Å². The number of ether oxygens (including phenoxy) is 1. The zero-order chi connectivity index (χ0) is 12.3. The highest BCUT2D eigenvalue weighted by atomic mass is 79.9. The Kier molecular flexibility index (Phi) is 4.60. The number of carbonyl (C=O) groups excluding carboxylic acids is 1. The second-order valence-electron chi connectivity index (χ2n) is 4.31. The first-order chi connectivity index (χ1) is 8.16. The molecule has 1 heterocycles. The van der Waals surface area contributed by atoms with Gasteiger partial charge in [-0.25, -0.2) is 0 Å². The maximum absolute atomic E-state index is 12.1. The van der Waals surface area contributed by atoms with E-state index in [1.54, 1.807) is 18.2 Å². The van der Waals surface area contributed by atoms with Gasteiger partial charge in [0.1, 0.15) is 0 Å². The lowest BCUT2D eigenvalue weighted by Crippen LogP contribution is -2.18. The van der Waals surface area contributed by atoms with Crippen molar-refractivity contribution < 1.29 is 9.53 Å². The van der Waals surface area contributed by atoms with Crippen molar-refractivity contribution in [1.29, 1.82) is 0 Å². The Morgan fingerprint density at radius 3 is 2.76 bits per heavy atom. The van der Waals surface area contributed by atoms with Crippen molar-refractivity contribution in [3.8, 4) is 0 Å². The molecular weight excluding hydrogens is 303 g/mol. The summed E-state index contributed by atoms with van der Waals surface area (Å²) in [6.07, 6.45) is 2.58. The monoisotopic (exact) mass is 316 g/mol. The van der Waals surface area contributed by atoms with Gasteiger partial charge in [0, 0.05) is 29.7 Å². The number of carbonyl (C=O) groups is 1. The normalized spacial score (nSPS) is 17.1. The molecule has 0 aromatic heterocycles. The predicted molar refractivity (Wildman–Crippen MR) is 71.6 cm³/mol. The fraction of sp³-hybridized carbons (Fsp3) is 0.462. The first-order valence-corrected chi connectivity index (χ1v) is 6.90. The average molecular weight is 318 g/mol. The minimum Gasteiger partial charge on any atom is -0.381 e. The summed E-state index contributed by atoms with van der Waals surface area (Å²) in [5.41, 5.74) is 0.729. The molecule has 1 aromatic carbocycles. The van der Waals surface area contributed by atoms with Crippen LogP contribution in [0.4, 0.5) is 0 Å². The van der Waals surface area contributed by atoms with Crippen LogP contribution in [-0.4, -0.2) is 19.0 Å². The summed E-state index contributed by atoms with van der Waals surface area (Å²) < 4.78 is 6.06. The van der Waals surface area contributed by atoms with E-state index in [1.165, 1.54) is 0 Å². The number of rotatable bonds is 3. The maximum Gasteiger partial charge on any atom is 0.163 e. The zero-order valence-electron chi connectivity index (χ0n) is 9.42. The summed E-state index contributed by atoms with van der Waals surface area (Å²) in [5.74, 6) is 0.653. The van der Waals surface area contributed by atoms with E-state index in [9.17, 15) is 4.79 Å². The van der Waals surface area contributed by atoms with Gasteiger partial charge in [0.05, 0.1) is 5.02 Å². The predicted octanol–water partition coefficient (Wildman–Crippen LogP) is 4.10. The van der Waals surface area contributed by atoms with E-state index in [0.29, 0.717) is 17.4 Å². The van der Waals surface area contributed by atoms with Gasteiger partial charge in [-0.3, -0.25) is 4.79 Å². The van der Waals surface area contributed by atoms with Crippen LogP contribution in [0.25, 0.3) is 0 Å². The molecule has 0 saturated carbocycles. The molecule has 1 aliphatic heterocycles. The summed E-state index contributed by atoms with van der Waals surface area (Å²) in [7, 11) is 0. The van der Waals surface area contributed by atoms with Crippen molar-refractivity contribution >= 4 is 33.3 Å². The van der Waals surface area contributed by atoms with E-state index in [0.717, 1.165) is 36.1 Å².